The van der Waals surface area contributed by atoms with Gasteiger partial charge in [-0.3, -0.25) is 4.79 Å². The fraction of sp³-hybridized carbons (Fsp3) is 0.500. The Kier molecular flexibility index (Phi) is 3.72. The number of nitrogens with one attached hydrogen (secondary N) is 1. The van der Waals surface area contributed by atoms with Crippen molar-refractivity contribution in [3.05, 3.63) is 23.0 Å². The maximum Gasteiger partial charge on any atom is 0.326 e. The molecule has 7 nitrogen and oxygen atoms in total. The molecule has 1 aromatic rings. The molecule has 1 unspecified atom stereocenters. The van der Waals surface area contributed by atoms with Crippen LogP contribution in [0.4, 0.5) is 10.1 Å². The van der Waals surface area contributed by atoms with Crippen molar-refractivity contribution in [3.63, 3.8) is 0 Å². The second-order valence-corrected chi connectivity index (χ2v) is 7.61. The van der Waals surface area contributed by atoms with E-state index in [9.17, 15) is 22.7 Å². The highest BCUT2D eigenvalue weighted by Crippen LogP contribution is 2.38. The zero-order chi connectivity index (χ0) is 16.9. The number of amides is 1. The number of halogens is 1. The molecule has 2 heterocycles. The van der Waals surface area contributed by atoms with Gasteiger partial charge >= 0.3 is 10.2 Å². The van der Waals surface area contributed by atoms with Gasteiger partial charge in [-0.25, -0.2) is 13.4 Å². The minimum absolute atomic E-state index is 0.0816. The maximum absolute atomic E-state index is 15.0. The van der Waals surface area contributed by atoms with Gasteiger partial charge in [0.1, 0.15) is 18.0 Å². The van der Waals surface area contributed by atoms with Crippen LogP contribution in [0.15, 0.2) is 6.07 Å². The van der Waals surface area contributed by atoms with E-state index in [1.807, 2.05) is 14.0 Å². The standard InChI is InChI=1S/C14H18FN3O4S/c1-8-5-10-9(3-4-17(8)2)6-11(19)14(13(10)15)18-7-12(20)16-23(18,21)22/h6,8,19H,3-5,7H2,1-2H3,(H,16,20). The van der Waals surface area contributed by atoms with Crippen LogP contribution in [-0.4, -0.2) is 50.5 Å². The summed E-state index contributed by atoms with van der Waals surface area (Å²) >= 11 is 0. The van der Waals surface area contributed by atoms with Gasteiger partial charge < -0.3 is 10.0 Å². The minimum atomic E-state index is -4.17. The monoisotopic (exact) mass is 343 g/mol. The average molecular weight is 343 g/mol. The molecule has 0 bridgehead atoms. The van der Waals surface area contributed by atoms with Crippen LogP contribution in [-0.2, 0) is 27.8 Å². The Bertz CT molecular complexity index is 781. The van der Waals surface area contributed by atoms with Crippen molar-refractivity contribution in [3.8, 4) is 5.75 Å². The van der Waals surface area contributed by atoms with Gasteiger partial charge in [-0.2, -0.15) is 8.42 Å². The smallest absolute Gasteiger partial charge is 0.326 e. The van der Waals surface area contributed by atoms with Crippen LogP contribution in [0.5, 0.6) is 5.75 Å². The number of anilines is 1. The zero-order valence-corrected chi connectivity index (χ0v) is 13.7. The van der Waals surface area contributed by atoms with Crippen molar-refractivity contribution >= 4 is 21.8 Å². The maximum atomic E-state index is 15.0. The number of rotatable bonds is 1. The number of hydrogen-bond acceptors (Lipinski definition) is 5. The van der Waals surface area contributed by atoms with Gasteiger partial charge in [0.05, 0.1) is 0 Å². The summed E-state index contributed by atoms with van der Waals surface area (Å²) in [4.78, 5) is 13.4. The van der Waals surface area contributed by atoms with Crippen LogP contribution < -0.4 is 9.03 Å². The van der Waals surface area contributed by atoms with Crippen molar-refractivity contribution in [2.75, 3.05) is 24.4 Å². The quantitative estimate of drug-likeness (QED) is 0.757. The molecule has 1 aromatic carbocycles. The van der Waals surface area contributed by atoms with E-state index >= 15 is 0 Å². The molecule has 1 saturated heterocycles. The number of likely N-dealkylation sites (N-methyl/N-ethyl adjacent to an activating group) is 1. The summed E-state index contributed by atoms with van der Waals surface area (Å²) in [5, 5.41) is 10.2. The molecular formula is C14H18FN3O4S. The van der Waals surface area contributed by atoms with E-state index in [0.29, 0.717) is 34.8 Å². The lowest BCUT2D eigenvalue weighted by Crippen LogP contribution is -2.31. The lowest BCUT2D eigenvalue weighted by atomic mass is 9.98. The van der Waals surface area contributed by atoms with Crippen molar-refractivity contribution < 1.29 is 22.7 Å². The topological polar surface area (TPSA) is 90.0 Å². The van der Waals surface area contributed by atoms with E-state index in [1.165, 1.54) is 6.07 Å². The number of aromatic hydroxyl groups is 1. The fourth-order valence-electron chi connectivity index (χ4n) is 3.01. The summed E-state index contributed by atoms with van der Waals surface area (Å²) in [7, 11) is -2.24. The summed E-state index contributed by atoms with van der Waals surface area (Å²) in [5.74, 6) is -2.01. The summed E-state index contributed by atoms with van der Waals surface area (Å²) in [6, 6.07) is 1.48. The van der Waals surface area contributed by atoms with E-state index in [2.05, 4.69) is 4.90 Å². The molecule has 0 aromatic heterocycles. The molecule has 23 heavy (non-hydrogen) atoms. The molecule has 126 valence electrons. The van der Waals surface area contributed by atoms with E-state index in [-0.39, 0.29) is 6.04 Å². The van der Waals surface area contributed by atoms with Gasteiger partial charge in [-0.1, -0.05) is 0 Å². The lowest BCUT2D eigenvalue weighted by Gasteiger charge is -2.22. The number of phenols is 1. The Balaban J connectivity index is 2.14. The van der Waals surface area contributed by atoms with Crippen LogP contribution in [0.1, 0.15) is 18.1 Å². The molecule has 2 aliphatic heterocycles. The highest BCUT2D eigenvalue weighted by molar-refractivity contribution is 7.92. The van der Waals surface area contributed by atoms with Crippen molar-refractivity contribution in [2.45, 2.75) is 25.8 Å². The largest absolute Gasteiger partial charge is 0.506 e. The Morgan fingerprint density at radius 1 is 1.43 bits per heavy atom. The van der Waals surface area contributed by atoms with E-state index < -0.39 is 39.9 Å². The molecule has 9 heteroatoms. The Hall–Kier alpha value is -1.87. The minimum Gasteiger partial charge on any atom is -0.506 e. The molecule has 0 spiro atoms. The van der Waals surface area contributed by atoms with Gasteiger partial charge in [0.2, 0.25) is 0 Å². The second kappa shape index (κ2) is 5.34. The number of carbonyl (C=O) groups is 1. The van der Waals surface area contributed by atoms with Crippen LogP contribution in [0, 0.1) is 5.82 Å². The summed E-state index contributed by atoms with van der Waals surface area (Å²) < 4.78 is 41.2. The normalized spacial score (nSPS) is 24.2. The Morgan fingerprint density at radius 3 is 2.74 bits per heavy atom. The number of hydrogen-bond donors (Lipinski definition) is 2. The van der Waals surface area contributed by atoms with Gasteiger partial charge in [-0.05, 0) is 44.0 Å². The lowest BCUT2D eigenvalue weighted by molar-refractivity contribution is -0.117. The van der Waals surface area contributed by atoms with Crippen molar-refractivity contribution in [1.29, 1.82) is 0 Å². The molecular weight excluding hydrogens is 325 g/mol. The highest BCUT2D eigenvalue weighted by atomic mass is 32.2. The van der Waals surface area contributed by atoms with Crippen molar-refractivity contribution in [1.82, 2.24) is 9.62 Å². The molecule has 1 fully saturated rings. The Morgan fingerprint density at radius 2 is 2.13 bits per heavy atom. The Labute approximate surface area is 133 Å². The number of carbonyl (C=O) groups excluding carboxylic acids is 1. The van der Waals surface area contributed by atoms with Gasteiger partial charge in [0.25, 0.3) is 5.91 Å². The number of fused-ring (bicyclic) bond motifs is 1. The zero-order valence-electron chi connectivity index (χ0n) is 12.8. The molecule has 0 radical (unpaired) electrons. The summed E-state index contributed by atoms with van der Waals surface area (Å²) in [6.07, 6.45) is 0.963. The number of nitrogens with zero attached hydrogens (tertiary/aromatic N) is 2. The van der Waals surface area contributed by atoms with Crippen LogP contribution in [0.3, 0.4) is 0 Å². The third-order valence-electron chi connectivity index (χ3n) is 4.47. The SMILES string of the molecule is CC1Cc2c(cc(O)c(N3CC(=O)NS3(=O)=O)c2F)CCN1C. The van der Waals surface area contributed by atoms with Crippen LogP contribution in [0.25, 0.3) is 0 Å². The molecule has 1 atom stereocenters. The van der Waals surface area contributed by atoms with E-state index in [0.717, 1.165) is 0 Å². The van der Waals surface area contributed by atoms with Crippen LogP contribution >= 0.6 is 0 Å². The number of phenolic OH excluding ortho intramolecular Hbond substituents is 1. The van der Waals surface area contributed by atoms with Crippen LogP contribution in [0.2, 0.25) is 0 Å². The first-order valence-corrected chi connectivity index (χ1v) is 8.71. The van der Waals surface area contributed by atoms with E-state index in [4.69, 9.17) is 0 Å². The third-order valence-corrected chi connectivity index (χ3v) is 5.85. The summed E-state index contributed by atoms with van der Waals surface area (Å²) in [5.41, 5.74) is 0.596. The first-order chi connectivity index (χ1) is 10.7. The molecule has 2 aliphatic rings. The van der Waals surface area contributed by atoms with Gasteiger partial charge in [0.15, 0.2) is 5.82 Å². The molecule has 0 aliphatic carbocycles. The second-order valence-electron chi connectivity index (χ2n) is 6.02. The molecule has 0 saturated carbocycles. The predicted molar refractivity (Wildman–Crippen MR) is 82.0 cm³/mol. The van der Waals surface area contributed by atoms with E-state index in [1.54, 1.807) is 4.72 Å². The van der Waals surface area contributed by atoms with Crippen molar-refractivity contribution in [2.24, 2.45) is 0 Å². The van der Waals surface area contributed by atoms with Gasteiger partial charge in [-0.15, -0.1) is 0 Å². The fourth-order valence-corrected chi connectivity index (χ4v) is 4.18. The number of benzene rings is 1. The average Bonchev–Trinajstić information content (AvgIpc) is 2.63. The molecule has 1 amide bonds. The first kappa shape index (κ1) is 16.0. The first-order valence-electron chi connectivity index (χ1n) is 7.27. The summed E-state index contributed by atoms with van der Waals surface area (Å²) in [6.45, 7) is 2.13. The third kappa shape index (κ3) is 2.63. The molecule has 3 rings (SSSR count). The highest BCUT2D eigenvalue weighted by Gasteiger charge is 2.38. The molecule has 2 N–H and O–H groups in total. The van der Waals surface area contributed by atoms with Gasteiger partial charge in [0, 0.05) is 12.6 Å². The predicted octanol–water partition coefficient (Wildman–Crippen LogP) is 0.131.